The summed E-state index contributed by atoms with van der Waals surface area (Å²) < 4.78 is 5.66. The lowest BCUT2D eigenvalue weighted by atomic mass is 10.1. The molecule has 10 heteroatoms. The van der Waals surface area contributed by atoms with Crippen LogP contribution in [0.4, 0.5) is 5.69 Å². The molecule has 0 saturated carbocycles. The average molecular weight is 330 g/mol. The topological polar surface area (TPSA) is 149 Å². The van der Waals surface area contributed by atoms with Gasteiger partial charge in [-0.25, -0.2) is 0 Å². The minimum Gasteiger partial charge on any atom is -0.619 e. The number of pyridine rings is 1. The minimum atomic E-state index is -0.840. The molecule has 24 heavy (non-hydrogen) atoms. The maximum atomic E-state index is 11.2. The number of aromatic hydroxyl groups is 2. The number of rotatable bonds is 4. The fourth-order valence-corrected chi connectivity index (χ4v) is 2.10. The van der Waals surface area contributed by atoms with Crippen LogP contribution in [0.2, 0.25) is 0 Å². The Morgan fingerprint density at radius 2 is 2.12 bits per heavy atom. The van der Waals surface area contributed by atoms with Gasteiger partial charge in [0.2, 0.25) is 5.75 Å². The Kier molecular flexibility index (Phi) is 3.70. The van der Waals surface area contributed by atoms with E-state index in [1.54, 1.807) is 12.1 Å². The zero-order valence-corrected chi connectivity index (χ0v) is 12.0. The van der Waals surface area contributed by atoms with Crippen molar-refractivity contribution in [3.05, 3.63) is 63.4 Å². The number of nitro benzene ring substituents is 1. The lowest BCUT2D eigenvalue weighted by Gasteiger charge is -2.01. The molecule has 1 aromatic carbocycles. The van der Waals surface area contributed by atoms with Crippen LogP contribution < -0.4 is 4.73 Å². The van der Waals surface area contributed by atoms with Crippen LogP contribution in [0.25, 0.3) is 11.5 Å². The predicted octanol–water partition coefficient (Wildman–Crippen LogP) is 1.28. The summed E-state index contributed by atoms with van der Waals surface area (Å²) in [5.74, 6) is -1.32. The van der Waals surface area contributed by atoms with E-state index >= 15 is 0 Å². The number of phenolic OH excluding ortho intramolecular Hbond substituents is 2. The van der Waals surface area contributed by atoms with Crippen LogP contribution in [0.1, 0.15) is 11.4 Å². The Balaban J connectivity index is 1.92. The number of aromatic nitrogens is 3. The second kappa shape index (κ2) is 5.83. The number of nitro groups is 1. The molecule has 0 aliphatic rings. The van der Waals surface area contributed by atoms with Crippen LogP contribution in [-0.4, -0.2) is 25.3 Å². The highest BCUT2D eigenvalue weighted by atomic mass is 16.6. The molecule has 0 aliphatic heterocycles. The number of phenols is 2. The Hall–Kier alpha value is -3.69. The van der Waals surface area contributed by atoms with Crippen molar-refractivity contribution in [2.45, 2.75) is 6.42 Å². The number of benzene rings is 1. The van der Waals surface area contributed by atoms with Gasteiger partial charge in [-0.1, -0.05) is 5.16 Å². The third-order valence-electron chi connectivity index (χ3n) is 3.18. The van der Waals surface area contributed by atoms with Crippen molar-refractivity contribution in [2.75, 3.05) is 0 Å². The van der Waals surface area contributed by atoms with E-state index in [-0.39, 0.29) is 23.7 Å². The Bertz CT molecular complexity index is 923. The van der Waals surface area contributed by atoms with Crippen molar-refractivity contribution in [1.82, 2.24) is 10.1 Å². The van der Waals surface area contributed by atoms with Gasteiger partial charge in [0.05, 0.1) is 10.5 Å². The van der Waals surface area contributed by atoms with E-state index in [9.17, 15) is 25.5 Å². The van der Waals surface area contributed by atoms with E-state index in [1.807, 2.05) is 0 Å². The molecule has 3 aromatic rings. The standard InChI is InChI=1S/C14H10N4O6/c19-11-6-9(5-10(13(11)20)18(22)23)14-15-12(16-24-14)4-8-2-1-3-17(21)7-8/h1-3,5-7,19-20H,4H2. The quantitative estimate of drug-likeness (QED) is 0.239. The highest BCUT2D eigenvalue weighted by Gasteiger charge is 2.22. The molecule has 0 bridgehead atoms. The van der Waals surface area contributed by atoms with Crippen LogP contribution in [0.15, 0.2) is 41.2 Å². The van der Waals surface area contributed by atoms with E-state index in [2.05, 4.69) is 10.1 Å². The number of hydrogen-bond acceptors (Lipinski definition) is 8. The molecule has 0 radical (unpaired) electrons. The Morgan fingerprint density at radius 3 is 2.83 bits per heavy atom. The summed E-state index contributed by atoms with van der Waals surface area (Å²) in [4.78, 5) is 14.1. The van der Waals surface area contributed by atoms with Crippen molar-refractivity contribution in [3.63, 3.8) is 0 Å². The SMILES string of the molecule is O=[N+]([O-])c1cc(-c2nc(Cc3ccc[n+]([O-])c3)no2)cc(O)c1O. The van der Waals surface area contributed by atoms with E-state index in [0.717, 1.165) is 12.1 Å². The summed E-state index contributed by atoms with van der Waals surface area (Å²) in [6, 6.07) is 5.38. The normalized spacial score (nSPS) is 10.7. The molecule has 0 aliphatic carbocycles. The molecule has 122 valence electrons. The number of nitrogens with zero attached hydrogens (tertiary/aromatic N) is 4. The fraction of sp³-hybridized carbons (Fsp3) is 0.0714. The Labute approximate surface area is 134 Å². The van der Waals surface area contributed by atoms with Gasteiger partial charge in [0.25, 0.3) is 5.89 Å². The maximum Gasteiger partial charge on any atom is 0.315 e. The molecule has 3 rings (SSSR count). The third kappa shape index (κ3) is 2.92. The van der Waals surface area contributed by atoms with E-state index in [4.69, 9.17) is 4.52 Å². The second-order valence-electron chi connectivity index (χ2n) is 4.88. The first kappa shape index (κ1) is 15.2. The van der Waals surface area contributed by atoms with Crippen LogP contribution >= 0.6 is 0 Å². The minimum absolute atomic E-state index is 0.0608. The summed E-state index contributed by atoms with van der Waals surface area (Å²) in [6.45, 7) is 0. The zero-order valence-electron chi connectivity index (χ0n) is 12.0. The Morgan fingerprint density at radius 1 is 1.33 bits per heavy atom. The fourth-order valence-electron chi connectivity index (χ4n) is 2.10. The molecular formula is C14H10N4O6. The average Bonchev–Trinajstić information content (AvgIpc) is 2.98. The van der Waals surface area contributed by atoms with Gasteiger partial charge in [-0.3, -0.25) is 10.1 Å². The van der Waals surface area contributed by atoms with Crippen LogP contribution in [0.5, 0.6) is 11.5 Å². The van der Waals surface area contributed by atoms with Crippen molar-refractivity contribution in [3.8, 4) is 23.0 Å². The van der Waals surface area contributed by atoms with Crippen molar-refractivity contribution in [2.24, 2.45) is 0 Å². The monoisotopic (exact) mass is 330 g/mol. The van der Waals surface area contributed by atoms with Crippen LogP contribution in [0.3, 0.4) is 0 Å². The van der Waals surface area contributed by atoms with Gasteiger partial charge in [0.15, 0.2) is 24.0 Å². The molecule has 0 unspecified atom stereocenters. The van der Waals surface area contributed by atoms with Crippen LogP contribution in [0, 0.1) is 15.3 Å². The molecule has 0 atom stereocenters. The van der Waals surface area contributed by atoms with Gasteiger partial charge in [0, 0.05) is 24.1 Å². The molecule has 0 saturated heterocycles. The summed E-state index contributed by atoms with van der Waals surface area (Å²) in [6.07, 6.45) is 2.91. The van der Waals surface area contributed by atoms with Crippen molar-refractivity contribution < 1.29 is 24.4 Å². The van der Waals surface area contributed by atoms with Gasteiger partial charge in [0.1, 0.15) is 0 Å². The lowest BCUT2D eigenvalue weighted by Crippen LogP contribution is -2.24. The van der Waals surface area contributed by atoms with E-state index < -0.39 is 22.1 Å². The predicted molar refractivity (Wildman–Crippen MR) is 77.9 cm³/mol. The largest absolute Gasteiger partial charge is 0.619 e. The summed E-state index contributed by atoms with van der Waals surface area (Å²) in [5, 5.41) is 44.9. The molecule has 0 amide bonds. The highest BCUT2D eigenvalue weighted by Crippen LogP contribution is 2.38. The number of hydrogen-bond donors (Lipinski definition) is 2. The van der Waals surface area contributed by atoms with Gasteiger partial charge in [-0.2, -0.15) is 9.71 Å². The summed E-state index contributed by atoms with van der Waals surface area (Å²) in [5.41, 5.74) is 0.0577. The smallest absolute Gasteiger partial charge is 0.315 e. The van der Waals surface area contributed by atoms with E-state index in [0.29, 0.717) is 10.3 Å². The molecular weight excluding hydrogens is 320 g/mol. The van der Waals surface area contributed by atoms with Gasteiger partial charge >= 0.3 is 5.69 Å². The lowest BCUT2D eigenvalue weighted by molar-refractivity contribution is -0.605. The first-order chi connectivity index (χ1) is 11.4. The summed E-state index contributed by atoms with van der Waals surface area (Å²) in [7, 11) is 0. The van der Waals surface area contributed by atoms with Crippen molar-refractivity contribution in [1.29, 1.82) is 0 Å². The first-order valence-corrected chi connectivity index (χ1v) is 6.65. The molecule has 2 heterocycles. The molecule has 2 aromatic heterocycles. The summed E-state index contributed by atoms with van der Waals surface area (Å²) >= 11 is 0. The molecule has 0 spiro atoms. The highest BCUT2D eigenvalue weighted by molar-refractivity contribution is 5.67. The van der Waals surface area contributed by atoms with E-state index in [1.165, 1.54) is 12.4 Å². The second-order valence-corrected chi connectivity index (χ2v) is 4.88. The van der Waals surface area contributed by atoms with Crippen LogP contribution in [-0.2, 0) is 6.42 Å². The molecule has 10 nitrogen and oxygen atoms in total. The maximum absolute atomic E-state index is 11.2. The van der Waals surface area contributed by atoms with Gasteiger partial charge < -0.3 is 19.9 Å². The van der Waals surface area contributed by atoms with Crippen molar-refractivity contribution >= 4 is 5.69 Å². The molecule has 0 fully saturated rings. The first-order valence-electron chi connectivity index (χ1n) is 6.65. The molecule has 2 N–H and O–H groups in total. The third-order valence-corrected chi connectivity index (χ3v) is 3.18. The van der Waals surface area contributed by atoms with Gasteiger partial charge in [-0.05, 0) is 12.1 Å². The van der Waals surface area contributed by atoms with Gasteiger partial charge in [-0.15, -0.1) is 0 Å². The zero-order chi connectivity index (χ0) is 17.3.